The second-order valence-corrected chi connectivity index (χ2v) is 7.00. The molecule has 2 aromatic rings. The Labute approximate surface area is 132 Å². The fourth-order valence-electron chi connectivity index (χ4n) is 4.38. The van der Waals surface area contributed by atoms with Gasteiger partial charge in [0, 0.05) is 41.6 Å². The standard InChI is InChI=1S/C19H27N3/c1-2-3-4-8-20-14-10-16-15-6-5-7-17-19(15)13(11-21-17)9-18(16)22-12-14/h5-7,11,14,16,18,20-22H,2-4,8-10,12H2,1H3/t14-,16?,18+/m0/s1. The Morgan fingerprint density at radius 1 is 1.27 bits per heavy atom. The van der Waals surface area contributed by atoms with Crippen molar-refractivity contribution in [2.45, 2.75) is 57.0 Å². The summed E-state index contributed by atoms with van der Waals surface area (Å²) in [5.41, 5.74) is 4.36. The number of aromatic nitrogens is 1. The topological polar surface area (TPSA) is 39.8 Å². The largest absolute Gasteiger partial charge is 0.361 e. The van der Waals surface area contributed by atoms with Crippen molar-refractivity contribution in [3.8, 4) is 0 Å². The number of unbranched alkanes of at least 4 members (excludes halogenated alkanes) is 2. The van der Waals surface area contributed by atoms with E-state index in [1.165, 1.54) is 48.6 Å². The van der Waals surface area contributed by atoms with E-state index in [9.17, 15) is 0 Å². The number of piperidine rings is 1. The first-order valence-corrected chi connectivity index (χ1v) is 8.92. The molecule has 1 saturated heterocycles. The lowest BCUT2D eigenvalue weighted by atomic mass is 9.75. The Bertz CT molecular complexity index is 645. The van der Waals surface area contributed by atoms with E-state index in [-0.39, 0.29) is 0 Å². The van der Waals surface area contributed by atoms with E-state index in [4.69, 9.17) is 0 Å². The number of aromatic amines is 1. The van der Waals surface area contributed by atoms with Gasteiger partial charge in [-0.3, -0.25) is 0 Å². The minimum Gasteiger partial charge on any atom is -0.361 e. The van der Waals surface area contributed by atoms with E-state index >= 15 is 0 Å². The zero-order valence-electron chi connectivity index (χ0n) is 13.5. The third-order valence-electron chi connectivity index (χ3n) is 5.52. The average molecular weight is 297 g/mol. The minimum absolute atomic E-state index is 0.614. The third-order valence-corrected chi connectivity index (χ3v) is 5.52. The molecule has 3 atom stereocenters. The molecule has 118 valence electrons. The van der Waals surface area contributed by atoms with Crippen LogP contribution in [0, 0.1) is 0 Å². The summed E-state index contributed by atoms with van der Waals surface area (Å²) in [5, 5.41) is 9.08. The zero-order chi connectivity index (χ0) is 14.9. The second-order valence-electron chi connectivity index (χ2n) is 7.00. The number of rotatable bonds is 5. The summed E-state index contributed by atoms with van der Waals surface area (Å²) in [6.07, 6.45) is 8.59. The van der Waals surface area contributed by atoms with E-state index in [0.717, 1.165) is 13.1 Å². The molecular weight excluding hydrogens is 270 g/mol. The van der Waals surface area contributed by atoms with Crippen molar-refractivity contribution in [3.63, 3.8) is 0 Å². The van der Waals surface area contributed by atoms with Gasteiger partial charge in [0.2, 0.25) is 0 Å². The molecular formula is C19H27N3. The highest BCUT2D eigenvalue weighted by molar-refractivity contribution is 5.88. The van der Waals surface area contributed by atoms with Crippen molar-refractivity contribution in [3.05, 3.63) is 35.5 Å². The van der Waals surface area contributed by atoms with Gasteiger partial charge in [0.1, 0.15) is 0 Å². The first-order chi connectivity index (χ1) is 10.9. The smallest absolute Gasteiger partial charge is 0.0459 e. The summed E-state index contributed by atoms with van der Waals surface area (Å²) in [4.78, 5) is 3.45. The van der Waals surface area contributed by atoms with Gasteiger partial charge in [-0.15, -0.1) is 0 Å². The molecule has 0 bridgehead atoms. The van der Waals surface area contributed by atoms with Crippen LogP contribution in [0.2, 0.25) is 0 Å². The van der Waals surface area contributed by atoms with Gasteiger partial charge in [0.25, 0.3) is 0 Å². The van der Waals surface area contributed by atoms with Gasteiger partial charge in [-0.2, -0.15) is 0 Å². The zero-order valence-corrected chi connectivity index (χ0v) is 13.5. The number of H-pyrrole nitrogens is 1. The molecule has 1 aromatic carbocycles. The molecule has 1 aliphatic carbocycles. The van der Waals surface area contributed by atoms with Gasteiger partial charge in [-0.1, -0.05) is 31.9 Å². The summed E-state index contributed by atoms with van der Waals surface area (Å²) in [6.45, 7) is 4.55. The van der Waals surface area contributed by atoms with Crippen molar-refractivity contribution >= 4 is 10.9 Å². The SMILES string of the molecule is CCCCCN[C@@H]1CN[C@@H]2Cc3c[nH]c4cccc(c34)C2C1. The maximum absolute atomic E-state index is 3.81. The van der Waals surface area contributed by atoms with Gasteiger partial charge in [-0.25, -0.2) is 0 Å². The van der Waals surface area contributed by atoms with Crippen LogP contribution >= 0.6 is 0 Å². The molecule has 3 nitrogen and oxygen atoms in total. The number of nitrogens with one attached hydrogen (secondary N) is 3. The van der Waals surface area contributed by atoms with Crippen molar-refractivity contribution in [1.29, 1.82) is 0 Å². The molecule has 22 heavy (non-hydrogen) atoms. The van der Waals surface area contributed by atoms with Gasteiger partial charge in [-0.05, 0) is 43.0 Å². The highest BCUT2D eigenvalue weighted by atomic mass is 15.0. The van der Waals surface area contributed by atoms with Gasteiger partial charge in [0.15, 0.2) is 0 Å². The summed E-state index contributed by atoms with van der Waals surface area (Å²) in [7, 11) is 0. The first-order valence-electron chi connectivity index (χ1n) is 8.92. The Morgan fingerprint density at radius 3 is 3.14 bits per heavy atom. The fraction of sp³-hybridized carbons (Fsp3) is 0.579. The second kappa shape index (κ2) is 6.05. The number of fused-ring (bicyclic) bond motifs is 2. The Balaban J connectivity index is 1.51. The predicted molar refractivity (Wildman–Crippen MR) is 92.5 cm³/mol. The third kappa shape index (κ3) is 2.46. The molecule has 0 saturated carbocycles. The summed E-state index contributed by atoms with van der Waals surface area (Å²) in [6, 6.07) is 7.99. The van der Waals surface area contributed by atoms with E-state index < -0.39 is 0 Å². The van der Waals surface area contributed by atoms with Crippen LogP contribution in [0.25, 0.3) is 10.9 Å². The van der Waals surface area contributed by atoms with Crippen molar-refractivity contribution < 1.29 is 0 Å². The Kier molecular flexibility index (Phi) is 3.93. The Hall–Kier alpha value is -1.32. The lowest BCUT2D eigenvalue weighted by molar-refractivity contribution is 0.284. The quantitative estimate of drug-likeness (QED) is 0.741. The average Bonchev–Trinajstić information content (AvgIpc) is 2.97. The minimum atomic E-state index is 0.614. The van der Waals surface area contributed by atoms with Crippen LogP contribution in [-0.2, 0) is 6.42 Å². The van der Waals surface area contributed by atoms with Crippen LogP contribution in [-0.4, -0.2) is 30.2 Å². The van der Waals surface area contributed by atoms with E-state index in [1.54, 1.807) is 5.56 Å². The number of hydrogen-bond acceptors (Lipinski definition) is 2. The van der Waals surface area contributed by atoms with Crippen LogP contribution < -0.4 is 10.6 Å². The molecule has 3 N–H and O–H groups in total. The lowest BCUT2D eigenvalue weighted by Gasteiger charge is -2.40. The van der Waals surface area contributed by atoms with Crippen LogP contribution in [0.1, 0.15) is 49.7 Å². The van der Waals surface area contributed by atoms with Crippen LogP contribution in [0.15, 0.2) is 24.4 Å². The maximum atomic E-state index is 3.81. The van der Waals surface area contributed by atoms with Crippen molar-refractivity contribution in [2.75, 3.05) is 13.1 Å². The van der Waals surface area contributed by atoms with E-state index in [1.807, 2.05) is 0 Å². The number of hydrogen-bond donors (Lipinski definition) is 3. The van der Waals surface area contributed by atoms with Crippen LogP contribution in [0.3, 0.4) is 0 Å². The summed E-state index contributed by atoms with van der Waals surface area (Å²) < 4.78 is 0. The molecule has 0 amide bonds. The van der Waals surface area contributed by atoms with Crippen molar-refractivity contribution in [2.24, 2.45) is 0 Å². The molecule has 1 aliphatic heterocycles. The van der Waals surface area contributed by atoms with E-state index in [0.29, 0.717) is 18.0 Å². The summed E-state index contributed by atoms with van der Waals surface area (Å²) in [5.74, 6) is 0.657. The van der Waals surface area contributed by atoms with E-state index in [2.05, 4.69) is 46.9 Å². The first kappa shape index (κ1) is 14.3. The van der Waals surface area contributed by atoms with Crippen LogP contribution in [0.4, 0.5) is 0 Å². The molecule has 0 spiro atoms. The highest BCUT2D eigenvalue weighted by Gasteiger charge is 2.35. The van der Waals surface area contributed by atoms with Gasteiger partial charge >= 0.3 is 0 Å². The molecule has 1 fully saturated rings. The molecule has 2 aliphatic rings. The number of benzene rings is 1. The molecule has 2 heterocycles. The molecule has 3 heteroatoms. The van der Waals surface area contributed by atoms with Crippen LogP contribution in [0.5, 0.6) is 0 Å². The lowest BCUT2D eigenvalue weighted by Crippen LogP contribution is -2.53. The summed E-state index contributed by atoms with van der Waals surface area (Å²) >= 11 is 0. The molecule has 0 radical (unpaired) electrons. The van der Waals surface area contributed by atoms with Crippen molar-refractivity contribution in [1.82, 2.24) is 15.6 Å². The Morgan fingerprint density at radius 2 is 2.23 bits per heavy atom. The van der Waals surface area contributed by atoms with Gasteiger partial charge in [0.05, 0.1) is 0 Å². The molecule has 1 aromatic heterocycles. The highest BCUT2D eigenvalue weighted by Crippen LogP contribution is 2.40. The molecule has 4 rings (SSSR count). The predicted octanol–water partition coefficient (Wildman–Crippen LogP) is 3.32. The maximum Gasteiger partial charge on any atom is 0.0459 e. The monoisotopic (exact) mass is 297 g/mol. The normalized spacial score (nSPS) is 27.0. The van der Waals surface area contributed by atoms with Gasteiger partial charge < -0.3 is 15.6 Å². The molecule has 1 unspecified atom stereocenters. The fourth-order valence-corrected chi connectivity index (χ4v) is 4.38.